The van der Waals surface area contributed by atoms with Gasteiger partial charge in [-0.05, 0) is 31.0 Å². The number of rotatable bonds is 3. The fraction of sp³-hybridized carbons (Fsp3) is 0.353. The van der Waals surface area contributed by atoms with E-state index in [0.717, 1.165) is 0 Å². The molecule has 0 unspecified atom stereocenters. The van der Waals surface area contributed by atoms with Gasteiger partial charge in [-0.1, -0.05) is 29.8 Å². The Morgan fingerprint density at radius 3 is 2.35 bits per heavy atom. The summed E-state index contributed by atoms with van der Waals surface area (Å²) in [5, 5.41) is 0.491. The van der Waals surface area contributed by atoms with Gasteiger partial charge in [-0.3, -0.25) is 24.2 Å². The van der Waals surface area contributed by atoms with Crippen molar-refractivity contribution < 1.29 is 14.4 Å². The maximum atomic E-state index is 12.5. The highest BCUT2D eigenvalue weighted by molar-refractivity contribution is 6.30. The molecule has 1 aliphatic heterocycles. The molecule has 1 aromatic rings. The number of fused-ring (bicyclic) bond motifs is 1. The van der Waals surface area contributed by atoms with Gasteiger partial charge in [0.2, 0.25) is 17.7 Å². The van der Waals surface area contributed by atoms with E-state index in [4.69, 9.17) is 11.6 Å². The number of hydrogen-bond acceptors (Lipinski definition) is 3. The molecular weight excluding hydrogens is 316 g/mol. The van der Waals surface area contributed by atoms with E-state index in [1.54, 1.807) is 24.3 Å². The van der Waals surface area contributed by atoms with Gasteiger partial charge in [0.1, 0.15) is 6.67 Å². The predicted molar refractivity (Wildman–Crippen MR) is 86.7 cm³/mol. The van der Waals surface area contributed by atoms with Crippen LogP contribution in [-0.2, 0) is 14.4 Å². The van der Waals surface area contributed by atoms with Crippen LogP contribution in [0.5, 0.6) is 0 Å². The third kappa shape index (κ3) is 2.88. The Labute approximate surface area is 139 Å². The van der Waals surface area contributed by atoms with E-state index in [1.807, 2.05) is 12.2 Å². The minimum atomic E-state index is -0.291. The highest BCUT2D eigenvalue weighted by Gasteiger charge is 2.47. The topological polar surface area (TPSA) is 57.7 Å². The lowest BCUT2D eigenvalue weighted by molar-refractivity contribution is -0.140. The van der Waals surface area contributed by atoms with Crippen LogP contribution in [0.25, 0.3) is 0 Å². The van der Waals surface area contributed by atoms with Crippen LogP contribution in [0.15, 0.2) is 36.4 Å². The number of likely N-dealkylation sites (tertiary alicyclic amines) is 1. The molecule has 6 heteroatoms. The number of carbonyl (C=O) groups excluding carboxylic acids is 3. The largest absolute Gasteiger partial charge is 0.294 e. The van der Waals surface area contributed by atoms with Crippen molar-refractivity contribution in [3.05, 3.63) is 41.4 Å². The van der Waals surface area contributed by atoms with E-state index in [0.29, 0.717) is 23.6 Å². The summed E-state index contributed by atoms with van der Waals surface area (Å²) < 4.78 is 0. The molecule has 0 aromatic heterocycles. The number of anilines is 1. The van der Waals surface area contributed by atoms with Crippen LogP contribution in [0, 0.1) is 11.8 Å². The normalized spacial score (nSPS) is 23.1. The van der Waals surface area contributed by atoms with Gasteiger partial charge in [-0.25, -0.2) is 0 Å². The number of carbonyl (C=O) groups is 3. The van der Waals surface area contributed by atoms with E-state index < -0.39 is 0 Å². The second-order valence-electron chi connectivity index (χ2n) is 5.83. The van der Waals surface area contributed by atoms with Gasteiger partial charge in [0.15, 0.2) is 0 Å². The van der Waals surface area contributed by atoms with Crippen LogP contribution in [0.2, 0.25) is 5.02 Å². The summed E-state index contributed by atoms with van der Waals surface area (Å²) in [6, 6.07) is 6.80. The second-order valence-corrected chi connectivity index (χ2v) is 6.27. The number of nitrogens with zero attached hydrogens (tertiary/aromatic N) is 2. The van der Waals surface area contributed by atoms with Crippen molar-refractivity contribution in [2.75, 3.05) is 11.6 Å². The van der Waals surface area contributed by atoms with Crippen LogP contribution in [0.3, 0.4) is 0 Å². The van der Waals surface area contributed by atoms with Crippen LogP contribution < -0.4 is 4.90 Å². The number of halogens is 1. The van der Waals surface area contributed by atoms with Crippen molar-refractivity contribution >= 4 is 35.0 Å². The quantitative estimate of drug-likeness (QED) is 0.631. The molecule has 1 aliphatic carbocycles. The van der Waals surface area contributed by atoms with E-state index in [9.17, 15) is 14.4 Å². The molecule has 1 saturated heterocycles. The lowest BCUT2D eigenvalue weighted by Gasteiger charge is -2.26. The lowest BCUT2D eigenvalue weighted by atomic mass is 9.85. The Bertz CT molecular complexity index is 675. The molecule has 2 aliphatic rings. The third-order valence-electron chi connectivity index (χ3n) is 4.38. The summed E-state index contributed by atoms with van der Waals surface area (Å²) >= 11 is 5.97. The van der Waals surface area contributed by atoms with Crippen LogP contribution in [0.4, 0.5) is 5.69 Å². The molecule has 23 heavy (non-hydrogen) atoms. The smallest absolute Gasteiger partial charge is 0.234 e. The number of imide groups is 1. The zero-order chi connectivity index (χ0) is 16.6. The summed E-state index contributed by atoms with van der Waals surface area (Å²) in [4.78, 5) is 39.6. The first-order chi connectivity index (χ1) is 11.0. The maximum Gasteiger partial charge on any atom is 0.234 e. The first kappa shape index (κ1) is 15.7. The molecule has 1 heterocycles. The van der Waals surface area contributed by atoms with Crippen molar-refractivity contribution in [3.63, 3.8) is 0 Å². The minimum Gasteiger partial charge on any atom is -0.294 e. The van der Waals surface area contributed by atoms with Crippen LogP contribution >= 0.6 is 11.6 Å². The highest BCUT2D eigenvalue weighted by Crippen LogP contribution is 2.35. The average molecular weight is 333 g/mol. The van der Waals surface area contributed by atoms with Crippen molar-refractivity contribution in [2.24, 2.45) is 11.8 Å². The summed E-state index contributed by atoms with van der Waals surface area (Å²) in [5.41, 5.74) is 0.568. The molecule has 2 atom stereocenters. The molecule has 0 bridgehead atoms. The summed E-state index contributed by atoms with van der Waals surface area (Å²) in [7, 11) is 0. The van der Waals surface area contributed by atoms with Gasteiger partial charge in [-0.15, -0.1) is 0 Å². The Morgan fingerprint density at radius 2 is 1.83 bits per heavy atom. The fourth-order valence-electron chi connectivity index (χ4n) is 3.16. The highest BCUT2D eigenvalue weighted by atomic mass is 35.5. The predicted octanol–water partition coefficient (Wildman–Crippen LogP) is 2.60. The molecule has 3 amide bonds. The molecule has 5 nitrogen and oxygen atoms in total. The lowest BCUT2D eigenvalue weighted by Crippen LogP contribution is -2.44. The molecule has 0 saturated carbocycles. The molecule has 120 valence electrons. The van der Waals surface area contributed by atoms with Crippen molar-refractivity contribution in [1.29, 1.82) is 0 Å². The van der Waals surface area contributed by atoms with Crippen molar-refractivity contribution in [1.82, 2.24) is 4.90 Å². The summed E-state index contributed by atoms with van der Waals surface area (Å²) in [5.74, 6) is -1.22. The Hall–Kier alpha value is -2.14. The molecule has 0 spiro atoms. The molecule has 1 aromatic carbocycles. The monoisotopic (exact) mass is 332 g/mol. The zero-order valence-corrected chi connectivity index (χ0v) is 13.5. The summed E-state index contributed by atoms with van der Waals surface area (Å²) in [6.45, 7) is 1.33. The van der Waals surface area contributed by atoms with Crippen LogP contribution in [0.1, 0.15) is 19.8 Å². The second kappa shape index (κ2) is 6.16. The molecule has 3 rings (SSSR count). The van der Waals surface area contributed by atoms with Gasteiger partial charge < -0.3 is 0 Å². The average Bonchev–Trinajstić information content (AvgIpc) is 2.77. The van der Waals surface area contributed by atoms with E-state index >= 15 is 0 Å². The fourth-order valence-corrected chi connectivity index (χ4v) is 3.34. The molecule has 0 radical (unpaired) electrons. The van der Waals surface area contributed by atoms with Crippen molar-refractivity contribution in [3.8, 4) is 0 Å². The zero-order valence-electron chi connectivity index (χ0n) is 12.7. The number of hydrogen-bond donors (Lipinski definition) is 0. The number of allylic oxidation sites excluding steroid dienone is 2. The standard InChI is InChI=1S/C17H17ClN2O3/c1-11(21)19(13-6-4-5-12(18)9-13)10-20-16(22)14-7-2-3-8-15(14)17(20)23/h2-6,9,14-15H,7-8,10H2,1H3/t14-,15-/m0/s1. The van der Waals surface area contributed by atoms with Gasteiger partial charge >= 0.3 is 0 Å². The number of benzene rings is 1. The number of amides is 3. The Balaban J connectivity index is 1.85. The summed E-state index contributed by atoms with van der Waals surface area (Å²) in [6.07, 6.45) is 5.05. The van der Waals surface area contributed by atoms with Gasteiger partial charge in [0, 0.05) is 17.6 Å². The van der Waals surface area contributed by atoms with Gasteiger partial charge in [-0.2, -0.15) is 0 Å². The molecular formula is C17H17ClN2O3. The Kier molecular flexibility index (Phi) is 4.22. The van der Waals surface area contributed by atoms with Gasteiger partial charge in [0.05, 0.1) is 11.8 Å². The molecule has 1 fully saturated rings. The van der Waals surface area contributed by atoms with E-state index in [1.165, 1.54) is 16.7 Å². The first-order valence-corrected chi connectivity index (χ1v) is 7.90. The van der Waals surface area contributed by atoms with Crippen LogP contribution in [-0.4, -0.2) is 29.3 Å². The minimum absolute atomic E-state index is 0.0691. The maximum absolute atomic E-state index is 12.5. The SMILES string of the molecule is CC(=O)N(CN1C(=O)[C@H]2CC=CC[C@@H]2C1=O)c1cccc(Cl)c1. The van der Waals surface area contributed by atoms with Crippen molar-refractivity contribution in [2.45, 2.75) is 19.8 Å². The van der Waals surface area contributed by atoms with E-state index in [-0.39, 0.29) is 36.2 Å². The molecule has 0 N–H and O–H groups in total. The Morgan fingerprint density at radius 1 is 1.22 bits per heavy atom. The first-order valence-electron chi connectivity index (χ1n) is 7.53. The van der Waals surface area contributed by atoms with E-state index in [2.05, 4.69) is 0 Å². The third-order valence-corrected chi connectivity index (χ3v) is 4.62. The van der Waals surface area contributed by atoms with Gasteiger partial charge in [0.25, 0.3) is 0 Å².